The summed E-state index contributed by atoms with van der Waals surface area (Å²) in [6.07, 6.45) is 1.14. The third kappa shape index (κ3) is 3.22. The molecule has 0 atom stereocenters. The number of carbonyl (C=O) groups is 1. The van der Waals surface area contributed by atoms with Gasteiger partial charge in [0.05, 0.1) is 5.92 Å². The molecule has 0 aliphatic heterocycles. The molecular formula is C12H13F3O2. The lowest BCUT2D eigenvalue weighted by Crippen LogP contribution is -2.19. The number of rotatable bonds is 4. The van der Waals surface area contributed by atoms with Crippen LogP contribution in [-0.4, -0.2) is 5.97 Å². The number of carbonyl (C=O) groups excluding carboxylic acids is 1. The molecule has 0 fully saturated rings. The molecule has 0 N–H and O–H groups in total. The fourth-order valence-electron chi connectivity index (χ4n) is 1.41. The van der Waals surface area contributed by atoms with Crippen molar-refractivity contribution < 1.29 is 22.7 Å². The lowest BCUT2D eigenvalue weighted by Gasteiger charge is -2.11. The molecule has 0 aromatic heterocycles. The van der Waals surface area contributed by atoms with Crippen LogP contribution in [0.3, 0.4) is 0 Å². The fraction of sp³-hybridized carbons (Fsp3) is 0.417. The topological polar surface area (TPSA) is 26.3 Å². The van der Waals surface area contributed by atoms with Gasteiger partial charge in [-0.3, -0.25) is 4.79 Å². The molecule has 17 heavy (non-hydrogen) atoms. The molecule has 94 valence electrons. The Morgan fingerprint density at radius 2 is 1.65 bits per heavy atom. The molecule has 0 spiro atoms. The first-order valence-electron chi connectivity index (χ1n) is 5.35. The molecule has 5 heteroatoms. The van der Waals surface area contributed by atoms with Gasteiger partial charge in [-0.25, -0.2) is 13.2 Å². The summed E-state index contributed by atoms with van der Waals surface area (Å²) in [7, 11) is 0. The molecule has 1 aromatic rings. The second-order valence-corrected chi connectivity index (χ2v) is 3.64. The first-order valence-corrected chi connectivity index (χ1v) is 5.35. The van der Waals surface area contributed by atoms with Crippen LogP contribution in [-0.2, 0) is 4.79 Å². The maximum atomic E-state index is 12.8. The Kier molecular flexibility index (Phi) is 4.54. The van der Waals surface area contributed by atoms with Gasteiger partial charge in [0.15, 0.2) is 17.5 Å². The molecular weight excluding hydrogens is 233 g/mol. The molecule has 1 aromatic carbocycles. The van der Waals surface area contributed by atoms with Crippen molar-refractivity contribution >= 4 is 5.97 Å². The summed E-state index contributed by atoms with van der Waals surface area (Å²) in [5, 5.41) is 0. The van der Waals surface area contributed by atoms with E-state index in [4.69, 9.17) is 4.74 Å². The van der Waals surface area contributed by atoms with Gasteiger partial charge in [0.2, 0.25) is 0 Å². The van der Waals surface area contributed by atoms with Gasteiger partial charge in [0, 0.05) is 12.1 Å². The first kappa shape index (κ1) is 13.5. The van der Waals surface area contributed by atoms with Crippen LogP contribution in [0.5, 0.6) is 5.75 Å². The summed E-state index contributed by atoms with van der Waals surface area (Å²) in [6.45, 7) is 3.61. The van der Waals surface area contributed by atoms with E-state index in [1.807, 2.05) is 0 Å². The quantitative estimate of drug-likeness (QED) is 0.462. The number of benzene rings is 1. The Balaban J connectivity index is 2.85. The minimum absolute atomic E-state index is 0.321. The van der Waals surface area contributed by atoms with Crippen molar-refractivity contribution in [1.29, 1.82) is 0 Å². The second kappa shape index (κ2) is 5.70. The zero-order valence-corrected chi connectivity index (χ0v) is 9.60. The zero-order valence-electron chi connectivity index (χ0n) is 9.60. The van der Waals surface area contributed by atoms with Gasteiger partial charge in [-0.05, 0) is 12.8 Å². The maximum Gasteiger partial charge on any atom is 0.314 e. The third-order valence-corrected chi connectivity index (χ3v) is 2.49. The highest BCUT2D eigenvalue weighted by molar-refractivity contribution is 5.74. The Labute approximate surface area is 97.4 Å². The minimum Gasteiger partial charge on any atom is -0.426 e. The Bertz CT molecular complexity index is 391. The van der Waals surface area contributed by atoms with Gasteiger partial charge < -0.3 is 4.74 Å². The van der Waals surface area contributed by atoms with Gasteiger partial charge in [-0.1, -0.05) is 13.8 Å². The van der Waals surface area contributed by atoms with Crippen LogP contribution < -0.4 is 4.74 Å². The van der Waals surface area contributed by atoms with Crippen LogP contribution >= 0.6 is 0 Å². The van der Waals surface area contributed by atoms with Gasteiger partial charge in [0.1, 0.15) is 5.75 Å². The van der Waals surface area contributed by atoms with E-state index in [-0.39, 0.29) is 11.7 Å². The van der Waals surface area contributed by atoms with Crippen LogP contribution in [0, 0.1) is 23.4 Å². The van der Waals surface area contributed by atoms with E-state index in [0.717, 1.165) is 0 Å². The molecule has 0 amide bonds. The standard InChI is InChI=1S/C12H13F3O2/c1-3-7(4-2)12(16)17-8-5-9(13)11(15)10(14)6-8/h5-7H,3-4H2,1-2H3. The summed E-state index contributed by atoms with van der Waals surface area (Å²) in [4.78, 5) is 11.5. The van der Waals surface area contributed by atoms with Crippen LogP contribution in [0.25, 0.3) is 0 Å². The maximum absolute atomic E-state index is 12.8. The van der Waals surface area contributed by atoms with Crippen molar-refractivity contribution in [2.45, 2.75) is 26.7 Å². The Morgan fingerprint density at radius 1 is 1.18 bits per heavy atom. The predicted octanol–water partition coefficient (Wildman–Crippen LogP) is 3.45. The second-order valence-electron chi connectivity index (χ2n) is 3.64. The average molecular weight is 246 g/mol. The van der Waals surface area contributed by atoms with Crippen LogP contribution in [0.1, 0.15) is 26.7 Å². The summed E-state index contributed by atoms with van der Waals surface area (Å²) >= 11 is 0. The van der Waals surface area contributed by atoms with E-state index in [0.29, 0.717) is 25.0 Å². The summed E-state index contributed by atoms with van der Waals surface area (Å²) in [6, 6.07) is 1.30. The molecule has 0 saturated heterocycles. The van der Waals surface area contributed by atoms with Crippen LogP contribution in [0.4, 0.5) is 13.2 Å². The lowest BCUT2D eigenvalue weighted by atomic mass is 10.0. The Morgan fingerprint density at radius 3 is 2.06 bits per heavy atom. The minimum atomic E-state index is -1.58. The average Bonchev–Trinajstić information content (AvgIpc) is 2.27. The normalized spacial score (nSPS) is 10.7. The molecule has 0 radical (unpaired) electrons. The van der Waals surface area contributed by atoms with Crippen molar-refractivity contribution in [3.63, 3.8) is 0 Å². The van der Waals surface area contributed by atoms with E-state index >= 15 is 0 Å². The highest BCUT2D eigenvalue weighted by Gasteiger charge is 2.18. The Hall–Kier alpha value is -1.52. The van der Waals surface area contributed by atoms with Crippen molar-refractivity contribution in [1.82, 2.24) is 0 Å². The highest BCUT2D eigenvalue weighted by atomic mass is 19.2. The number of hydrogen-bond donors (Lipinski definition) is 0. The van der Waals surface area contributed by atoms with Gasteiger partial charge in [-0.2, -0.15) is 0 Å². The summed E-state index contributed by atoms with van der Waals surface area (Å²) in [5.41, 5.74) is 0. The van der Waals surface area contributed by atoms with Crippen molar-refractivity contribution in [3.05, 3.63) is 29.6 Å². The molecule has 1 rings (SSSR count). The molecule has 0 aliphatic carbocycles. The summed E-state index contributed by atoms with van der Waals surface area (Å²) < 4.78 is 43.1. The molecule has 0 aliphatic rings. The number of ether oxygens (including phenoxy) is 1. The molecule has 0 bridgehead atoms. The SMILES string of the molecule is CCC(CC)C(=O)Oc1cc(F)c(F)c(F)c1. The van der Waals surface area contributed by atoms with E-state index < -0.39 is 23.4 Å². The van der Waals surface area contributed by atoms with Crippen molar-refractivity contribution in [2.24, 2.45) is 5.92 Å². The van der Waals surface area contributed by atoms with Gasteiger partial charge >= 0.3 is 5.97 Å². The number of halogens is 3. The van der Waals surface area contributed by atoms with Crippen molar-refractivity contribution in [2.75, 3.05) is 0 Å². The van der Waals surface area contributed by atoms with Crippen LogP contribution in [0.2, 0.25) is 0 Å². The molecule has 0 saturated carbocycles. The smallest absolute Gasteiger partial charge is 0.314 e. The zero-order chi connectivity index (χ0) is 13.0. The van der Waals surface area contributed by atoms with E-state index in [2.05, 4.69) is 0 Å². The fourth-order valence-corrected chi connectivity index (χ4v) is 1.41. The van der Waals surface area contributed by atoms with Gasteiger partial charge in [0.25, 0.3) is 0 Å². The van der Waals surface area contributed by atoms with E-state index in [9.17, 15) is 18.0 Å². The van der Waals surface area contributed by atoms with E-state index in [1.54, 1.807) is 13.8 Å². The predicted molar refractivity (Wildman–Crippen MR) is 56.0 cm³/mol. The highest BCUT2D eigenvalue weighted by Crippen LogP contribution is 2.21. The number of hydrogen-bond acceptors (Lipinski definition) is 2. The van der Waals surface area contributed by atoms with E-state index in [1.165, 1.54) is 0 Å². The van der Waals surface area contributed by atoms with Gasteiger partial charge in [-0.15, -0.1) is 0 Å². The lowest BCUT2D eigenvalue weighted by molar-refractivity contribution is -0.139. The summed E-state index contributed by atoms with van der Waals surface area (Å²) in [5.74, 6) is -5.55. The number of esters is 1. The molecule has 2 nitrogen and oxygen atoms in total. The monoisotopic (exact) mass is 246 g/mol. The molecule has 0 heterocycles. The first-order chi connectivity index (χ1) is 7.99. The molecule has 0 unspecified atom stereocenters. The largest absolute Gasteiger partial charge is 0.426 e. The van der Waals surface area contributed by atoms with Crippen molar-refractivity contribution in [3.8, 4) is 5.75 Å². The van der Waals surface area contributed by atoms with Crippen LogP contribution in [0.15, 0.2) is 12.1 Å². The third-order valence-electron chi connectivity index (χ3n) is 2.49.